The van der Waals surface area contributed by atoms with E-state index in [1.165, 1.54) is 23.1 Å². The minimum Gasteiger partial charge on any atom is -0.497 e. The number of carbonyl (C=O) groups excluding carboxylic acids is 1. The molecule has 1 aromatic carbocycles. The third-order valence-corrected chi connectivity index (χ3v) is 7.69. The average Bonchev–Trinajstić information content (AvgIpc) is 3.26. The van der Waals surface area contributed by atoms with Crippen molar-refractivity contribution in [1.29, 1.82) is 0 Å². The second kappa shape index (κ2) is 12.7. The number of carboxylic acid groups (broad SMARTS) is 1. The monoisotopic (exact) mass is 493 g/mol. The third-order valence-electron chi connectivity index (χ3n) is 5.59. The molecule has 8 nitrogen and oxygen atoms in total. The van der Waals surface area contributed by atoms with Crippen LogP contribution in [0.5, 0.6) is 11.5 Å². The number of carbonyl (C=O) groups is 2. The summed E-state index contributed by atoms with van der Waals surface area (Å²) in [5.74, 6) is 1.33. The summed E-state index contributed by atoms with van der Waals surface area (Å²) in [6, 6.07) is 7.48. The molecule has 0 atom stereocenters. The normalized spacial score (nSPS) is 17.9. The first-order valence-electron chi connectivity index (χ1n) is 11.1. The summed E-state index contributed by atoms with van der Waals surface area (Å²) in [7, 11) is 1.63. The summed E-state index contributed by atoms with van der Waals surface area (Å²) < 4.78 is 11.8. The van der Waals surface area contributed by atoms with Crippen molar-refractivity contribution in [3.63, 3.8) is 0 Å². The highest BCUT2D eigenvalue weighted by molar-refractivity contribution is 8.01. The maximum absolute atomic E-state index is 13.1. The van der Waals surface area contributed by atoms with E-state index in [0.717, 1.165) is 41.4 Å². The van der Waals surface area contributed by atoms with Crippen molar-refractivity contribution in [2.45, 2.75) is 49.3 Å². The highest BCUT2D eigenvalue weighted by Gasteiger charge is 2.28. The van der Waals surface area contributed by atoms with Crippen LogP contribution in [0.1, 0.15) is 39.0 Å². The van der Waals surface area contributed by atoms with Crippen molar-refractivity contribution >= 4 is 40.2 Å². The van der Waals surface area contributed by atoms with E-state index in [2.05, 4.69) is 17.2 Å². The fraction of sp³-hybridized carbons (Fsp3) is 0.522. The maximum Gasteiger partial charge on any atom is 0.323 e. The number of nitrogens with zero attached hydrogens (tertiary/aromatic N) is 2. The molecule has 1 aromatic heterocycles. The Bertz CT molecular complexity index is 898. The van der Waals surface area contributed by atoms with Crippen molar-refractivity contribution in [1.82, 2.24) is 9.88 Å². The largest absolute Gasteiger partial charge is 0.497 e. The van der Waals surface area contributed by atoms with Crippen LogP contribution in [-0.2, 0) is 4.79 Å². The Morgan fingerprint density at radius 1 is 1.21 bits per heavy atom. The molecule has 1 fully saturated rings. The van der Waals surface area contributed by atoms with E-state index >= 15 is 0 Å². The zero-order valence-electron chi connectivity index (χ0n) is 19.0. The first-order chi connectivity index (χ1) is 15.9. The van der Waals surface area contributed by atoms with E-state index in [4.69, 9.17) is 14.6 Å². The van der Waals surface area contributed by atoms with Crippen molar-refractivity contribution in [2.75, 3.05) is 31.3 Å². The smallest absolute Gasteiger partial charge is 0.323 e. The van der Waals surface area contributed by atoms with Crippen LogP contribution in [0.2, 0.25) is 0 Å². The number of ether oxygens (including phenoxy) is 2. The van der Waals surface area contributed by atoms with Crippen molar-refractivity contribution in [3.8, 4) is 11.5 Å². The van der Waals surface area contributed by atoms with Gasteiger partial charge in [0.25, 0.3) is 0 Å². The SMILES string of the molecule is COc1ccc(OCCCN(C(=O)Nc2ncc(SCC(=O)O)s2)[C@H]2CC[C@H](C)CC2)cc1. The summed E-state index contributed by atoms with van der Waals surface area (Å²) in [6.07, 6.45) is 6.53. The van der Waals surface area contributed by atoms with Crippen molar-refractivity contribution in [2.24, 2.45) is 5.92 Å². The minimum atomic E-state index is -0.881. The Morgan fingerprint density at radius 2 is 1.91 bits per heavy atom. The number of hydrogen-bond donors (Lipinski definition) is 2. The fourth-order valence-corrected chi connectivity index (χ4v) is 5.36. The summed E-state index contributed by atoms with van der Waals surface area (Å²) in [4.78, 5) is 30.0. The number of thiazole rings is 1. The standard InChI is InChI=1S/C23H31N3O5S2/c1-16-4-6-17(7-5-16)26(12-3-13-31-19-10-8-18(30-2)9-11-19)23(29)25-22-24-14-21(33-22)32-15-20(27)28/h8-11,14,16-17H,3-7,12-13,15H2,1-2H3,(H,27,28)(H,24,25,29)/t16-,17-. The molecule has 2 amide bonds. The molecule has 0 bridgehead atoms. The van der Waals surface area contributed by atoms with Gasteiger partial charge in [0.2, 0.25) is 0 Å². The van der Waals surface area contributed by atoms with Gasteiger partial charge in [0.05, 0.1) is 29.9 Å². The van der Waals surface area contributed by atoms with Crippen LogP contribution in [-0.4, -0.2) is 59.0 Å². The maximum atomic E-state index is 13.1. The van der Waals surface area contributed by atoms with Gasteiger partial charge in [-0.2, -0.15) is 0 Å². The lowest BCUT2D eigenvalue weighted by Crippen LogP contribution is -2.45. The van der Waals surface area contributed by atoms with Gasteiger partial charge < -0.3 is 19.5 Å². The Kier molecular flexibility index (Phi) is 9.68. The summed E-state index contributed by atoms with van der Waals surface area (Å²) in [6.45, 7) is 3.36. The van der Waals surface area contributed by atoms with E-state index in [9.17, 15) is 9.59 Å². The molecule has 0 saturated heterocycles. The predicted octanol–water partition coefficient (Wildman–Crippen LogP) is 5.21. The van der Waals surface area contributed by atoms with E-state index in [1.54, 1.807) is 13.3 Å². The van der Waals surface area contributed by atoms with E-state index in [1.807, 2.05) is 29.2 Å². The Labute approximate surface area is 202 Å². The molecule has 1 heterocycles. The summed E-state index contributed by atoms with van der Waals surface area (Å²) in [5.41, 5.74) is 0. The van der Waals surface area contributed by atoms with E-state index < -0.39 is 5.97 Å². The van der Waals surface area contributed by atoms with Crippen LogP contribution < -0.4 is 14.8 Å². The van der Waals surface area contributed by atoms with Gasteiger partial charge in [0.15, 0.2) is 5.13 Å². The number of carboxylic acids is 1. The van der Waals surface area contributed by atoms with Gasteiger partial charge in [0, 0.05) is 12.6 Å². The van der Waals surface area contributed by atoms with Gasteiger partial charge in [-0.25, -0.2) is 9.78 Å². The molecule has 0 unspecified atom stereocenters. The number of urea groups is 1. The molecule has 0 aliphatic heterocycles. The molecule has 1 saturated carbocycles. The van der Waals surface area contributed by atoms with Gasteiger partial charge in [0.1, 0.15) is 11.5 Å². The van der Waals surface area contributed by atoms with Gasteiger partial charge in [-0.15, -0.1) is 11.8 Å². The highest BCUT2D eigenvalue weighted by atomic mass is 32.2. The lowest BCUT2D eigenvalue weighted by Gasteiger charge is -2.36. The summed E-state index contributed by atoms with van der Waals surface area (Å²) >= 11 is 2.49. The van der Waals surface area contributed by atoms with Gasteiger partial charge >= 0.3 is 12.0 Å². The number of hydrogen-bond acceptors (Lipinski definition) is 7. The highest BCUT2D eigenvalue weighted by Crippen LogP contribution is 2.30. The third kappa shape index (κ3) is 8.12. The number of amides is 2. The average molecular weight is 494 g/mol. The number of methoxy groups -OCH3 is 1. The van der Waals surface area contributed by atoms with Crippen LogP contribution in [0.15, 0.2) is 34.7 Å². The molecule has 1 aliphatic carbocycles. The number of aliphatic carboxylic acids is 1. The first-order valence-corrected chi connectivity index (χ1v) is 12.9. The lowest BCUT2D eigenvalue weighted by atomic mass is 9.86. The molecule has 2 N–H and O–H groups in total. The van der Waals surface area contributed by atoms with Gasteiger partial charge in [-0.3, -0.25) is 10.1 Å². The molecule has 3 rings (SSSR count). The van der Waals surface area contributed by atoms with E-state index in [-0.39, 0.29) is 17.8 Å². The second-order valence-corrected chi connectivity index (χ2v) is 10.4. The number of nitrogens with one attached hydrogen (secondary N) is 1. The number of thioether (sulfide) groups is 1. The minimum absolute atomic E-state index is 0.0316. The molecular formula is C23H31N3O5S2. The number of rotatable bonds is 11. The number of anilines is 1. The van der Waals surface area contributed by atoms with E-state index in [0.29, 0.717) is 30.6 Å². The van der Waals surface area contributed by atoms with Crippen LogP contribution in [0.3, 0.4) is 0 Å². The Balaban J connectivity index is 1.55. The first kappa shape index (κ1) is 25.2. The Hall–Kier alpha value is -2.46. The zero-order chi connectivity index (χ0) is 23.6. The lowest BCUT2D eigenvalue weighted by molar-refractivity contribution is -0.133. The van der Waals surface area contributed by atoms with Gasteiger partial charge in [-0.05, 0) is 62.3 Å². The fourth-order valence-electron chi connectivity index (χ4n) is 3.78. The zero-order valence-corrected chi connectivity index (χ0v) is 20.6. The summed E-state index contributed by atoms with van der Waals surface area (Å²) in [5, 5.41) is 12.2. The van der Waals surface area contributed by atoms with Crippen molar-refractivity contribution in [3.05, 3.63) is 30.5 Å². The molecule has 1 aliphatic rings. The molecule has 0 spiro atoms. The number of benzene rings is 1. The van der Waals surface area contributed by atoms with Crippen LogP contribution in [0.4, 0.5) is 9.93 Å². The predicted molar refractivity (Wildman–Crippen MR) is 131 cm³/mol. The molecule has 10 heteroatoms. The van der Waals surface area contributed by atoms with Crippen LogP contribution >= 0.6 is 23.1 Å². The van der Waals surface area contributed by atoms with Crippen LogP contribution in [0.25, 0.3) is 0 Å². The Morgan fingerprint density at radius 3 is 2.58 bits per heavy atom. The van der Waals surface area contributed by atoms with Crippen LogP contribution in [0, 0.1) is 5.92 Å². The molecule has 0 radical (unpaired) electrons. The topological polar surface area (TPSA) is 101 Å². The number of aromatic nitrogens is 1. The second-order valence-electron chi connectivity index (χ2n) is 8.08. The molecular weight excluding hydrogens is 462 g/mol. The molecule has 2 aromatic rings. The van der Waals surface area contributed by atoms with Crippen molar-refractivity contribution < 1.29 is 24.2 Å². The van der Waals surface area contributed by atoms with Gasteiger partial charge in [-0.1, -0.05) is 18.3 Å². The molecule has 33 heavy (non-hydrogen) atoms. The molecule has 180 valence electrons. The quantitative estimate of drug-likeness (QED) is 0.327.